The third-order valence-electron chi connectivity index (χ3n) is 3.26. The molecule has 0 amide bonds. The van der Waals surface area contributed by atoms with Gasteiger partial charge in [0.2, 0.25) is 0 Å². The van der Waals surface area contributed by atoms with Crippen molar-refractivity contribution in [2.75, 3.05) is 58.9 Å². The van der Waals surface area contributed by atoms with E-state index < -0.39 is 62.6 Å². The Kier molecular flexibility index (Phi) is 34.2. The van der Waals surface area contributed by atoms with Gasteiger partial charge in [-0.1, -0.05) is 0 Å². The molecule has 0 bridgehead atoms. The fourth-order valence-electron chi connectivity index (χ4n) is 2.22. The first-order chi connectivity index (χ1) is 15.5. The molecule has 0 spiro atoms. The van der Waals surface area contributed by atoms with Crippen molar-refractivity contribution in [3.63, 3.8) is 0 Å². The van der Waals surface area contributed by atoms with Crippen molar-refractivity contribution in [2.45, 2.75) is 0 Å². The summed E-state index contributed by atoms with van der Waals surface area (Å²) < 4.78 is 22.5. The first-order valence-electron chi connectivity index (χ1n) is 8.36. The van der Waals surface area contributed by atoms with Gasteiger partial charge in [-0.2, -0.15) is 0 Å². The normalized spacial score (nSPS) is 8.97. The average Bonchev–Trinajstić information content (AvgIpc) is 2.72. The number of rotatable bonds is 16. The van der Waals surface area contributed by atoms with Gasteiger partial charge in [-0.3, -0.25) is 38.7 Å². The number of carboxylic acid groups (broad SMARTS) is 5. The summed E-state index contributed by atoms with van der Waals surface area (Å²) in [7, 11) is 0. The molecule has 0 aliphatic rings. The second kappa shape index (κ2) is 28.1. The van der Waals surface area contributed by atoms with Crippen LogP contribution in [0.1, 0.15) is 0 Å². The van der Waals surface area contributed by atoms with Crippen LogP contribution in [-0.2, 0) is 58.0 Å². The molecule has 0 fully saturated rings. The van der Waals surface area contributed by atoms with Crippen molar-refractivity contribution in [3.8, 4) is 0 Å². The molecule has 0 unspecified atom stereocenters. The summed E-state index contributed by atoms with van der Waals surface area (Å²) in [5, 5.41) is 44.1. The standard InChI is InChI=1S/C14H23N3O10.3CO.Tc/c18-10(19)5-15(1-3-16(6-11(20)21)7-12(22)23)2-4-17(8-13(24)25)9-14(26)27;3*1-2;/h1-9H2,(H,18,19)(H,20,21)(H,22,23)(H,24,25)(H,26,27);;;;/i;;;;1+1. The van der Waals surface area contributed by atoms with Crippen LogP contribution in [0.25, 0.3) is 0 Å². The Bertz CT molecular complexity index is 595. The number of hydrogen-bond donors (Lipinski definition) is 5. The molecule has 17 heteroatoms. The predicted octanol–water partition coefficient (Wildman–Crippen LogP) is -2.80. The van der Waals surface area contributed by atoms with Gasteiger partial charge in [0.25, 0.3) is 0 Å². The molecule has 0 aliphatic carbocycles. The Morgan fingerprint density at radius 1 is 0.441 bits per heavy atom. The molecule has 16 nitrogen and oxygen atoms in total. The van der Waals surface area contributed by atoms with E-state index in [1.807, 2.05) is 0 Å². The van der Waals surface area contributed by atoms with Crippen molar-refractivity contribution in [1.29, 1.82) is 0 Å². The van der Waals surface area contributed by atoms with Gasteiger partial charge in [0.1, 0.15) is 0 Å². The topological polar surface area (TPSA) is 256 Å². The second-order valence-corrected chi connectivity index (χ2v) is 5.67. The Balaban J connectivity index is -0.000000368. The van der Waals surface area contributed by atoms with Crippen LogP contribution in [0.4, 0.5) is 0 Å². The molecule has 0 aliphatic heterocycles. The van der Waals surface area contributed by atoms with E-state index in [0.29, 0.717) is 0 Å². The van der Waals surface area contributed by atoms with Crippen molar-refractivity contribution in [3.05, 3.63) is 20.0 Å². The molecular formula is C17H23N3O13Tc. The van der Waals surface area contributed by atoms with Gasteiger partial charge in [-0.25, -0.2) is 0 Å². The van der Waals surface area contributed by atoms with Gasteiger partial charge < -0.3 is 25.5 Å². The summed E-state index contributed by atoms with van der Waals surface area (Å²) in [6, 6.07) is 0. The predicted molar refractivity (Wildman–Crippen MR) is 99.3 cm³/mol. The van der Waals surface area contributed by atoms with Crippen LogP contribution in [0, 0.1) is 20.0 Å². The minimum absolute atomic E-state index is 0. The van der Waals surface area contributed by atoms with E-state index in [4.69, 9.17) is 39.5 Å². The average molecular weight is 576 g/mol. The maximum absolute atomic E-state index is 11.0. The van der Waals surface area contributed by atoms with E-state index in [1.54, 1.807) is 0 Å². The SMILES string of the molecule is O=C(O)CN(CCN(CC(=O)O)CC(=O)O)CCN(CC(=O)O)CC(=O)O.[99Tc].[C-]#[O+].[C-]#[O+].[C-]#[O+]. The van der Waals surface area contributed by atoms with Crippen LogP contribution in [-0.4, -0.2) is 129 Å². The number of aliphatic carboxylic acids is 5. The molecule has 5 N–H and O–H groups in total. The Labute approximate surface area is 207 Å². The molecular weight excluding hydrogens is 553 g/mol. The molecule has 191 valence electrons. The second-order valence-electron chi connectivity index (χ2n) is 5.67. The Morgan fingerprint density at radius 3 is 0.765 bits per heavy atom. The van der Waals surface area contributed by atoms with Crippen LogP contribution in [0.3, 0.4) is 0 Å². The van der Waals surface area contributed by atoms with Crippen LogP contribution in [0.2, 0.25) is 0 Å². The van der Waals surface area contributed by atoms with Crippen LogP contribution < -0.4 is 0 Å². The monoisotopic (exact) mass is 576 g/mol. The van der Waals surface area contributed by atoms with Crippen molar-refractivity contribution >= 4 is 29.8 Å². The first kappa shape index (κ1) is 41.4. The Morgan fingerprint density at radius 2 is 0.588 bits per heavy atom. The summed E-state index contributed by atoms with van der Waals surface area (Å²) in [4.78, 5) is 57.6. The fourth-order valence-corrected chi connectivity index (χ4v) is 2.22. The first-order valence-corrected chi connectivity index (χ1v) is 8.36. The summed E-state index contributed by atoms with van der Waals surface area (Å²) in [5.41, 5.74) is 0. The molecule has 0 saturated carbocycles. The van der Waals surface area contributed by atoms with E-state index in [-0.39, 0.29) is 46.3 Å². The van der Waals surface area contributed by atoms with Gasteiger partial charge in [-0.05, 0) is 0 Å². The molecule has 1 radical (unpaired) electrons. The van der Waals surface area contributed by atoms with E-state index in [2.05, 4.69) is 20.0 Å². The van der Waals surface area contributed by atoms with Crippen molar-refractivity contribution in [2.24, 2.45) is 0 Å². The maximum atomic E-state index is 11.0. The van der Waals surface area contributed by atoms with E-state index in [1.165, 1.54) is 4.90 Å². The molecule has 0 heterocycles. The zero-order valence-corrected chi connectivity index (χ0v) is 19.4. The molecule has 0 aromatic heterocycles. The zero-order chi connectivity index (χ0) is 27.0. The zero-order valence-electron chi connectivity index (χ0n) is 17.6. The molecule has 0 saturated heterocycles. The van der Waals surface area contributed by atoms with Gasteiger partial charge in [-0.15, -0.1) is 0 Å². The molecule has 0 rings (SSSR count). The summed E-state index contributed by atoms with van der Waals surface area (Å²) in [5.74, 6) is -6.16. The van der Waals surface area contributed by atoms with Crippen LogP contribution in [0.5, 0.6) is 0 Å². The molecule has 0 aromatic rings. The van der Waals surface area contributed by atoms with Crippen LogP contribution in [0.15, 0.2) is 0 Å². The third-order valence-corrected chi connectivity index (χ3v) is 3.26. The van der Waals surface area contributed by atoms with Gasteiger partial charge in [0.15, 0.2) is 0 Å². The third kappa shape index (κ3) is 31.3. The summed E-state index contributed by atoms with van der Waals surface area (Å²) in [6.07, 6.45) is 0. The van der Waals surface area contributed by atoms with E-state index in [0.717, 1.165) is 9.80 Å². The van der Waals surface area contributed by atoms with Gasteiger partial charge in [0.05, 0.1) is 32.7 Å². The van der Waals surface area contributed by atoms with E-state index >= 15 is 0 Å². The van der Waals surface area contributed by atoms with Crippen LogP contribution >= 0.6 is 0 Å². The number of hydrogen-bond acceptors (Lipinski definition) is 8. The van der Waals surface area contributed by atoms with E-state index in [9.17, 15) is 24.0 Å². The molecule has 34 heavy (non-hydrogen) atoms. The summed E-state index contributed by atoms with van der Waals surface area (Å²) in [6.45, 7) is 10.8. The summed E-state index contributed by atoms with van der Waals surface area (Å²) >= 11 is 0. The van der Waals surface area contributed by atoms with Gasteiger partial charge in [0, 0.05) is 46.3 Å². The Hall–Kier alpha value is -2.90. The molecule has 0 atom stereocenters. The number of nitrogens with zero attached hydrogens (tertiary/aromatic N) is 3. The van der Waals surface area contributed by atoms with Gasteiger partial charge >= 0.3 is 63.8 Å². The molecule has 0 aromatic carbocycles. The number of carbonyl (C=O) groups is 5. The minimum atomic E-state index is -1.24. The fraction of sp³-hybridized carbons (Fsp3) is 0.529. The van der Waals surface area contributed by atoms with Crippen molar-refractivity contribution in [1.82, 2.24) is 14.7 Å². The van der Waals surface area contributed by atoms with Crippen molar-refractivity contribution < 1.29 is 83.6 Å². The number of carboxylic acids is 5. The quantitative estimate of drug-likeness (QED) is 0.0920.